The maximum atomic E-state index is 9.07. The van der Waals surface area contributed by atoms with Crippen molar-refractivity contribution in [1.82, 2.24) is 25.2 Å². The SMILES string of the molecule is CCCN=C(NC#N)N1CCC(C)C(N(C)c2ncnc3[nH]ccc23)C1. The summed E-state index contributed by atoms with van der Waals surface area (Å²) in [5.41, 5.74) is 0.846. The Hall–Kier alpha value is -2.82. The van der Waals surface area contributed by atoms with Crippen LogP contribution >= 0.6 is 0 Å². The minimum absolute atomic E-state index is 0.268. The first-order valence-electron chi connectivity index (χ1n) is 9.11. The van der Waals surface area contributed by atoms with E-state index in [2.05, 4.69) is 56.0 Å². The molecule has 2 aromatic heterocycles. The summed E-state index contributed by atoms with van der Waals surface area (Å²) in [6.07, 6.45) is 7.50. The smallest absolute Gasteiger partial charge is 0.207 e. The Morgan fingerprint density at radius 2 is 2.38 bits per heavy atom. The second-order valence-electron chi connectivity index (χ2n) is 6.77. The molecule has 8 heteroatoms. The lowest BCUT2D eigenvalue weighted by atomic mass is 9.92. The summed E-state index contributed by atoms with van der Waals surface area (Å²) in [4.78, 5) is 20.9. The van der Waals surface area contributed by atoms with Crippen LogP contribution in [0.25, 0.3) is 11.0 Å². The molecule has 1 aliphatic heterocycles. The van der Waals surface area contributed by atoms with Gasteiger partial charge in [0.15, 0.2) is 6.19 Å². The largest absolute Gasteiger partial charge is 0.354 e. The van der Waals surface area contributed by atoms with Gasteiger partial charge < -0.3 is 14.8 Å². The van der Waals surface area contributed by atoms with Crippen molar-refractivity contribution in [3.05, 3.63) is 18.6 Å². The maximum absolute atomic E-state index is 9.07. The number of hydrogen-bond acceptors (Lipinski definition) is 5. The van der Waals surface area contributed by atoms with Gasteiger partial charge in [0.1, 0.15) is 17.8 Å². The van der Waals surface area contributed by atoms with E-state index in [0.717, 1.165) is 42.8 Å². The minimum Gasteiger partial charge on any atom is -0.354 e. The number of aliphatic imine (C=N–C) groups is 1. The van der Waals surface area contributed by atoms with Crippen LogP contribution in [0.5, 0.6) is 0 Å². The van der Waals surface area contributed by atoms with Crippen LogP contribution in [0.2, 0.25) is 0 Å². The molecule has 8 nitrogen and oxygen atoms in total. The quantitative estimate of drug-likeness (QED) is 0.377. The van der Waals surface area contributed by atoms with E-state index in [9.17, 15) is 0 Å². The van der Waals surface area contributed by atoms with Crippen molar-refractivity contribution in [3.63, 3.8) is 0 Å². The fourth-order valence-electron chi connectivity index (χ4n) is 3.53. The molecule has 1 saturated heterocycles. The Balaban J connectivity index is 1.84. The zero-order valence-corrected chi connectivity index (χ0v) is 15.6. The molecule has 0 aromatic carbocycles. The van der Waals surface area contributed by atoms with E-state index in [-0.39, 0.29) is 6.04 Å². The fraction of sp³-hybridized carbons (Fsp3) is 0.556. The van der Waals surface area contributed by atoms with Crippen LogP contribution in [0.15, 0.2) is 23.6 Å². The molecule has 26 heavy (non-hydrogen) atoms. The Morgan fingerprint density at radius 3 is 3.15 bits per heavy atom. The van der Waals surface area contributed by atoms with Crippen molar-refractivity contribution in [1.29, 1.82) is 5.26 Å². The lowest BCUT2D eigenvalue weighted by Gasteiger charge is -2.42. The third-order valence-corrected chi connectivity index (χ3v) is 5.04. The van der Waals surface area contributed by atoms with Crippen molar-refractivity contribution < 1.29 is 0 Å². The highest BCUT2D eigenvalue weighted by atomic mass is 15.3. The number of rotatable bonds is 4. The van der Waals surface area contributed by atoms with Gasteiger partial charge in [0.2, 0.25) is 5.96 Å². The summed E-state index contributed by atoms with van der Waals surface area (Å²) < 4.78 is 0. The normalized spacial score (nSPS) is 20.8. The highest BCUT2D eigenvalue weighted by molar-refractivity contribution is 5.87. The molecular weight excluding hydrogens is 328 g/mol. The summed E-state index contributed by atoms with van der Waals surface area (Å²) in [6.45, 7) is 6.76. The molecule has 1 aliphatic rings. The average Bonchev–Trinajstić information content (AvgIpc) is 3.14. The number of anilines is 1. The standard InChI is InChI=1S/C18H26N8/c1-4-7-21-18(22-11-19)26-9-6-13(2)15(10-26)25(3)17-14-5-8-20-16(14)23-12-24-17/h5,8,12-13,15H,4,6-7,9-10H2,1-3H3,(H,21,22)(H,20,23,24). The molecule has 2 atom stereocenters. The van der Waals surface area contributed by atoms with Crippen LogP contribution in [0.1, 0.15) is 26.7 Å². The highest BCUT2D eigenvalue weighted by Gasteiger charge is 2.32. The Morgan fingerprint density at radius 1 is 1.54 bits per heavy atom. The molecule has 0 amide bonds. The van der Waals surface area contributed by atoms with E-state index in [1.807, 2.05) is 18.5 Å². The van der Waals surface area contributed by atoms with Crippen LogP contribution in [0.4, 0.5) is 5.82 Å². The second-order valence-corrected chi connectivity index (χ2v) is 6.77. The van der Waals surface area contributed by atoms with Crippen molar-refractivity contribution >= 4 is 22.8 Å². The van der Waals surface area contributed by atoms with Gasteiger partial charge in [-0.15, -0.1) is 0 Å². The van der Waals surface area contributed by atoms with Crippen LogP contribution in [-0.2, 0) is 0 Å². The summed E-state index contributed by atoms with van der Waals surface area (Å²) in [5, 5.41) is 12.8. The number of nitrogens with one attached hydrogen (secondary N) is 2. The van der Waals surface area contributed by atoms with Crippen LogP contribution < -0.4 is 10.2 Å². The predicted octanol–water partition coefficient (Wildman–Crippen LogP) is 1.94. The zero-order chi connectivity index (χ0) is 18.5. The van der Waals surface area contributed by atoms with E-state index in [1.54, 1.807) is 6.33 Å². The molecule has 0 aliphatic carbocycles. The molecule has 0 spiro atoms. The molecule has 2 unspecified atom stereocenters. The van der Waals surface area contributed by atoms with Gasteiger partial charge in [-0.05, 0) is 24.8 Å². The zero-order valence-electron chi connectivity index (χ0n) is 15.6. The number of nitrogens with zero attached hydrogens (tertiary/aromatic N) is 6. The summed E-state index contributed by atoms with van der Waals surface area (Å²) in [7, 11) is 2.08. The number of nitriles is 1. The number of fused-ring (bicyclic) bond motifs is 1. The first-order chi connectivity index (χ1) is 12.7. The summed E-state index contributed by atoms with van der Waals surface area (Å²) in [5.74, 6) is 2.11. The number of piperidine rings is 1. The molecule has 1 fully saturated rings. The van der Waals surface area contributed by atoms with Crippen molar-refractivity contribution in [2.75, 3.05) is 31.6 Å². The van der Waals surface area contributed by atoms with Gasteiger partial charge in [-0.1, -0.05) is 13.8 Å². The Labute approximate surface area is 153 Å². The minimum atomic E-state index is 0.268. The van der Waals surface area contributed by atoms with Crippen LogP contribution in [-0.4, -0.2) is 58.5 Å². The number of likely N-dealkylation sites (N-methyl/N-ethyl adjacent to an activating group) is 1. The number of aromatic nitrogens is 3. The van der Waals surface area contributed by atoms with Gasteiger partial charge in [-0.25, -0.2) is 9.97 Å². The Kier molecular flexibility index (Phi) is 5.56. The van der Waals surface area contributed by atoms with Gasteiger partial charge in [0.05, 0.1) is 11.4 Å². The third-order valence-electron chi connectivity index (χ3n) is 5.04. The lowest BCUT2D eigenvalue weighted by molar-refractivity contribution is 0.235. The van der Waals surface area contributed by atoms with Crippen molar-refractivity contribution in [2.24, 2.45) is 10.9 Å². The van der Waals surface area contributed by atoms with Crippen LogP contribution in [0.3, 0.4) is 0 Å². The molecule has 138 valence electrons. The molecule has 0 bridgehead atoms. The summed E-state index contributed by atoms with van der Waals surface area (Å²) in [6, 6.07) is 2.28. The van der Waals surface area contributed by atoms with Gasteiger partial charge >= 0.3 is 0 Å². The van der Waals surface area contributed by atoms with E-state index in [1.165, 1.54) is 0 Å². The first-order valence-corrected chi connectivity index (χ1v) is 9.11. The van der Waals surface area contributed by atoms with Gasteiger partial charge in [0, 0.05) is 32.9 Å². The molecule has 0 saturated carbocycles. The Bertz CT molecular complexity index is 805. The lowest BCUT2D eigenvalue weighted by Crippen LogP contribution is -2.55. The number of hydrogen-bond donors (Lipinski definition) is 2. The predicted molar refractivity (Wildman–Crippen MR) is 103 cm³/mol. The topological polar surface area (TPSA) is 96.2 Å². The van der Waals surface area contributed by atoms with E-state index in [0.29, 0.717) is 18.4 Å². The third kappa shape index (κ3) is 3.57. The van der Waals surface area contributed by atoms with Gasteiger partial charge in [0.25, 0.3) is 0 Å². The van der Waals surface area contributed by atoms with Crippen molar-refractivity contribution in [2.45, 2.75) is 32.7 Å². The summed E-state index contributed by atoms with van der Waals surface area (Å²) >= 11 is 0. The number of H-pyrrole nitrogens is 1. The molecule has 0 radical (unpaired) electrons. The molecular formula is C18H26N8. The average molecular weight is 354 g/mol. The molecule has 2 N–H and O–H groups in total. The van der Waals surface area contributed by atoms with Gasteiger partial charge in [-0.2, -0.15) is 5.26 Å². The molecule has 2 aromatic rings. The second kappa shape index (κ2) is 8.04. The maximum Gasteiger partial charge on any atom is 0.207 e. The first kappa shape index (κ1) is 18.0. The number of likely N-dealkylation sites (tertiary alicyclic amines) is 1. The molecule has 3 heterocycles. The van der Waals surface area contributed by atoms with Crippen LogP contribution in [0, 0.1) is 17.4 Å². The monoisotopic (exact) mass is 354 g/mol. The number of aromatic amines is 1. The van der Waals surface area contributed by atoms with E-state index in [4.69, 9.17) is 5.26 Å². The number of guanidine groups is 1. The highest BCUT2D eigenvalue weighted by Crippen LogP contribution is 2.28. The fourth-order valence-corrected chi connectivity index (χ4v) is 3.53. The van der Waals surface area contributed by atoms with E-state index < -0.39 is 0 Å². The van der Waals surface area contributed by atoms with Crippen molar-refractivity contribution in [3.8, 4) is 6.19 Å². The van der Waals surface area contributed by atoms with Gasteiger partial charge in [-0.3, -0.25) is 10.3 Å². The molecule has 3 rings (SSSR count). The van der Waals surface area contributed by atoms with E-state index >= 15 is 0 Å².